The molecule has 0 saturated carbocycles. The maximum atomic E-state index is 12.6. The maximum Gasteiger partial charge on any atom is 0.259 e. The molecular formula is C18H19NO4. The van der Waals surface area contributed by atoms with Crippen molar-refractivity contribution in [3.05, 3.63) is 47.0 Å². The molecule has 0 unspecified atom stereocenters. The number of nitrogens with one attached hydrogen (secondary N) is 1. The van der Waals surface area contributed by atoms with E-state index in [1.54, 1.807) is 25.3 Å². The SMILES string of the molecule is COc1cc(C)cc(C)c1C(=O)Nc1ccc2c(c1)OCCO2. The van der Waals surface area contributed by atoms with Gasteiger partial charge in [-0.2, -0.15) is 0 Å². The van der Waals surface area contributed by atoms with E-state index in [0.29, 0.717) is 41.7 Å². The van der Waals surface area contributed by atoms with E-state index in [-0.39, 0.29) is 5.91 Å². The second-order valence-corrected chi connectivity index (χ2v) is 5.47. The Morgan fingerprint density at radius 2 is 1.83 bits per heavy atom. The molecule has 120 valence electrons. The van der Waals surface area contributed by atoms with Crippen LogP contribution >= 0.6 is 0 Å². The van der Waals surface area contributed by atoms with Gasteiger partial charge in [0.25, 0.3) is 5.91 Å². The third-order valence-corrected chi connectivity index (χ3v) is 3.69. The van der Waals surface area contributed by atoms with Crippen LogP contribution in [0.25, 0.3) is 0 Å². The summed E-state index contributed by atoms with van der Waals surface area (Å²) < 4.78 is 16.4. The van der Waals surface area contributed by atoms with Gasteiger partial charge in [0.1, 0.15) is 19.0 Å². The third-order valence-electron chi connectivity index (χ3n) is 3.69. The first-order chi connectivity index (χ1) is 11.1. The van der Waals surface area contributed by atoms with E-state index in [1.807, 2.05) is 26.0 Å². The molecule has 1 heterocycles. The number of methoxy groups -OCH3 is 1. The van der Waals surface area contributed by atoms with Crippen LogP contribution < -0.4 is 19.5 Å². The van der Waals surface area contributed by atoms with Gasteiger partial charge in [-0.3, -0.25) is 4.79 Å². The molecule has 2 aromatic carbocycles. The predicted molar refractivity (Wildman–Crippen MR) is 87.9 cm³/mol. The van der Waals surface area contributed by atoms with Crippen LogP contribution in [-0.2, 0) is 0 Å². The lowest BCUT2D eigenvalue weighted by atomic mass is 10.0. The Balaban J connectivity index is 1.88. The minimum absolute atomic E-state index is 0.212. The summed E-state index contributed by atoms with van der Waals surface area (Å²) in [6.45, 7) is 4.92. The molecule has 23 heavy (non-hydrogen) atoms. The highest BCUT2D eigenvalue weighted by Gasteiger charge is 2.18. The Kier molecular flexibility index (Phi) is 4.10. The quantitative estimate of drug-likeness (QED) is 0.944. The number of ether oxygens (including phenoxy) is 3. The molecule has 1 amide bonds. The minimum atomic E-state index is -0.212. The van der Waals surface area contributed by atoms with E-state index in [9.17, 15) is 4.79 Å². The fourth-order valence-corrected chi connectivity index (χ4v) is 2.70. The van der Waals surface area contributed by atoms with Crippen LogP contribution in [0.15, 0.2) is 30.3 Å². The van der Waals surface area contributed by atoms with Crippen LogP contribution in [0.2, 0.25) is 0 Å². The summed E-state index contributed by atoms with van der Waals surface area (Å²) in [6.07, 6.45) is 0. The zero-order valence-electron chi connectivity index (χ0n) is 13.4. The van der Waals surface area contributed by atoms with Crippen LogP contribution in [-0.4, -0.2) is 26.2 Å². The number of hydrogen-bond donors (Lipinski definition) is 1. The molecule has 0 atom stereocenters. The molecule has 2 aromatic rings. The topological polar surface area (TPSA) is 56.8 Å². The Labute approximate surface area is 135 Å². The number of carbonyl (C=O) groups is 1. The van der Waals surface area contributed by atoms with Crippen molar-refractivity contribution in [3.8, 4) is 17.2 Å². The van der Waals surface area contributed by atoms with E-state index < -0.39 is 0 Å². The summed E-state index contributed by atoms with van der Waals surface area (Å²) in [4.78, 5) is 12.6. The molecule has 1 aliphatic rings. The zero-order valence-corrected chi connectivity index (χ0v) is 13.4. The Hall–Kier alpha value is -2.69. The molecule has 0 saturated heterocycles. The highest BCUT2D eigenvalue weighted by molar-refractivity contribution is 6.07. The molecule has 0 radical (unpaired) electrons. The third kappa shape index (κ3) is 3.08. The first kappa shape index (κ1) is 15.2. The van der Waals surface area contributed by atoms with E-state index in [2.05, 4.69) is 5.32 Å². The van der Waals surface area contributed by atoms with Crippen molar-refractivity contribution >= 4 is 11.6 Å². The number of rotatable bonds is 3. The summed E-state index contributed by atoms with van der Waals surface area (Å²) in [5.41, 5.74) is 3.11. The van der Waals surface area contributed by atoms with E-state index in [1.165, 1.54) is 0 Å². The smallest absolute Gasteiger partial charge is 0.259 e. The Morgan fingerprint density at radius 3 is 2.57 bits per heavy atom. The van der Waals surface area contributed by atoms with Crippen LogP contribution in [0.1, 0.15) is 21.5 Å². The van der Waals surface area contributed by atoms with Gasteiger partial charge in [-0.1, -0.05) is 6.07 Å². The van der Waals surface area contributed by atoms with Crippen LogP contribution in [0, 0.1) is 13.8 Å². The number of anilines is 1. The number of benzene rings is 2. The molecule has 5 nitrogen and oxygen atoms in total. The highest BCUT2D eigenvalue weighted by atomic mass is 16.6. The number of amides is 1. The Morgan fingerprint density at radius 1 is 1.09 bits per heavy atom. The Bertz CT molecular complexity index is 755. The molecule has 0 fully saturated rings. The first-order valence-electron chi connectivity index (χ1n) is 7.44. The van der Waals surface area contributed by atoms with Gasteiger partial charge >= 0.3 is 0 Å². The normalized spacial score (nSPS) is 12.7. The molecule has 1 N–H and O–H groups in total. The summed E-state index contributed by atoms with van der Waals surface area (Å²) in [6, 6.07) is 9.17. The van der Waals surface area contributed by atoms with Gasteiger partial charge in [0, 0.05) is 11.8 Å². The lowest BCUT2D eigenvalue weighted by Crippen LogP contribution is -2.17. The van der Waals surface area contributed by atoms with Crippen molar-refractivity contribution in [2.24, 2.45) is 0 Å². The first-order valence-corrected chi connectivity index (χ1v) is 7.44. The van der Waals surface area contributed by atoms with Crippen LogP contribution in [0.5, 0.6) is 17.2 Å². The lowest BCUT2D eigenvalue weighted by Gasteiger charge is -2.19. The second kappa shape index (κ2) is 6.20. The number of carbonyl (C=O) groups excluding carboxylic acids is 1. The van der Waals surface area contributed by atoms with Crippen LogP contribution in [0.3, 0.4) is 0 Å². The van der Waals surface area contributed by atoms with Crippen molar-refractivity contribution in [1.82, 2.24) is 0 Å². The van der Waals surface area contributed by atoms with Gasteiger partial charge in [-0.25, -0.2) is 0 Å². The van der Waals surface area contributed by atoms with E-state index in [0.717, 1.165) is 11.1 Å². The molecule has 0 aliphatic carbocycles. The number of hydrogen-bond acceptors (Lipinski definition) is 4. The largest absolute Gasteiger partial charge is 0.496 e. The standard InChI is InChI=1S/C18H19NO4/c1-11-8-12(2)17(16(9-11)21-3)18(20)19-13-4-5-14-15(10-13)23-7-6-22-14/h4-5,8-10H,6-7H2,1-3H3,(H,19,20). The van der Waals surface area contributed by atoms with Crippen molar-refractivity contribution in [1.29, 1.82) is 0 Å². The van der Waals surface area contributed by atoms with Gasteiger partial charge in [0.2, 0.25) is 0 Å². The van der Waals surface area contributed by atoms with E-state index >= 15 is 0 Å². The molecule has 1 aliphatic heterocycles. The lowest BCUT2D eigenvalue weighted by molar-refractivity contribution is 0.102. The summed E-state index contributed by atoms with van der Waals surface area (Å²) in [5, 5.41) is 2.89. The van der Waals surface area contributed by atoms with Crippen molar-refractivity contribution in [2.75, 3.05) is 25.6 Å². The van der Waals surface area contributed by atoms with Crippen LogP contribution in [0.4, 0.5) is 5.69 Å². The van der Waals surface area contributed by atoms with Gasteiger partial charge in [-0.15, -0.1) is 0 Å². The highest BCUT2D eigenvalue weighted by Crippen LogP contribution is 2.33. The summed E-state index contributed by atoms with van der Waals surface area (Å²) in [5.74, 6) is 1.69. The zero-order chi connectivity index (χ0) is 16.4. The molecule has 0 spiro atoms. The summed E-state index contributed by atoms with van der Waals surface area (Å²) in [7, 11) is 1.56. The van der Waals surface area contributed by atoms with Gasteiger partial charge in [0.15, 0.2) is 11.5 Å². The molecule has 0 aromatic heterocycles. The molecule has 3 rings (SSSR count). The fourth-order valence-electron chi connectivity index (χ4n) is 2.70. The average molecular weight is 313 g/mol. The van der Waals surface area contributed by atoms with E-state index in [4.69, 9.17) is 14.2 Å². The number of fused-ring (bicyclic) bond motifs is 1. The predicted octanol–water partition coefficient (Wildman–Crippen LogP) is 3.34. The second-order valence-electron chi connectivity index (χ2n) is 5.47. The molecule has 5 heteroatoms. The van der Waals surface area contributed by atoms with Crippen molar-refractivity contribution in [3.63, 3.8) is 0 Å². The molecular weight excluding hydrogens is 294 g/mol. The monoisotopic (exact) mass is 313 g/mol. The maximum absolute atomic E-state index is 12.6. The van der Waals surface area contributed by atoms with Crippen molar-refractivity contribution < 1.29 is 19.0 Å². The summed E-state index contributed by atoms with van der Waals surface area (Å²) >= 11 is 0. The van der Waals surface area contributed by atoms with Gasteiger partial charge < -0.3 is 19.5 Å². The minimum Gasteiger partial charge on any atom is -0.496 e. The van der Waals surface area contributed by atoms with Crippen molar-refractivity contribution in [2.45, 2.75) is 13.8 Å². The number of aryl methyl sites for hydroxylation is 2. The van der Waals surface area contributed by atoms with Gasteiger partial charge in [0.05, 0.1) is 12.7 Å². The van der Waals surface area contributed by atoms with Gasteiger partial charge in [-0.05, 0) is 43.2 Å². The molecule has 0 bridgehead atoms. The fraction of sp³-hybridized carbons (Fsp3) is 0.278. The average Bonchev–Trinajstić information content (AvgIpc) is 2.53.